The van der Waals surface area contributed by atoms with Crippen molar-refractivity contribution in [1.29, 1.82) is 0 Å². The van der Waals surface area contributed by atoms with Gasteiger partial charge in [0.2, 0.25) is 5.91 Å². The standard InChI is InChI=1S/C26H35ClN2O3/c1-8-22(25(31)28-26(5,6)7)29(15-20-11-9-17(2)10-12-20)23(30)16-32-21-13-18(3)24(27)19(4)14-21/h9-14,22H,8,15-16H2,1-7H3,(H,28,31). The molecular weight excluding hydrogens is 424 g/mol. The first-order chi connectivity index (χ1) is 14.9. The van der Waals surface area contributed by atoms with E-state index in [2.05, 4.69) is 5.32 Å². The van der Waals surface area contributed by atoms with Crippen LogP contribution in [-0.2, 0) is 16.1 Å². The minimum absolute atomic E-state index is 0.161. The highest BCUT2D eigenvalue weighted by Crippen LogP contribution is 2.26. The van der Waals surface area contributed by atoms with Crippen LogP contribution in [0, 0.1) is 20.8 Å². The molecule has 1 unspecified atom stereocenters. The number of ether oxygens (including phenoxy) is 1. The highest BCUT2D eigenvalue weighted by Gasteiger charge is 2.30. The highest BCUT2D eigenvalue weighted by atomic mass is 35.5. The van der Waals surface area contributed by atoms with E-state index in [1.165, 1.54) is 0 Å². The number of aryl methyl sites for hydroxylation is 3. The molecule has 0 aromatic heterocycles. The highest BCUT2D eigenvalue weighted by molar-refractivity contribution is 6.32. The van der Waals surface area contributed by atoms with Gasteiger partial charge in [-0.05, 0) is 76.8 Å². The molecule has 0 aliphatic carbocycles. The summed E-state index contributed by atoms with van der Waals surface area (Å²) in [6, 6.07) is 11.0. The van der Waals surface area contributed by atoms with Gasteiger partial charge in [0, 0.05) is 17.1 Å². The van der Waals surface area contributed by atoms with Crippen LogP contribution >= 0.6 is 11.6 Å². The molecule has 0 aliphatic rings. The summed E-state index contributed by atoms with van der Waals surface area (Å²) in [5.74, 6) is 0.172. The van der Waals surface area contributed by atoms with Gasteiger partial charge in [0.1, 0.15) is 11.8 Å². The third-order valence-electron chi connectivity index (χ3n) is 5.13. The lowest BCUT2D eigenvalue weighted by Gasteiger charge is -2.33. The summed E-state index contributed by atoms with van der Waals surface area (Å²) < 4.78 is 5.82. The second-order valence-electron chi connectivity index (χ2n) is 9.33. The predicted octanol–water partition coefficient (Wildman–Crippen LogP) is 5.37. The van der Waals surface area contributed by atoms with Crippen LogP contribution in [0.2, 0.25) is 5.02 Å². The normalized spacial score (nSPS) is 12.2. The Morgan fingerprint density at radius 3 is 2.12 bits per heavy atom. The Morgan fingerprint density at radius 2 is 1.62 bits per heavy atom. The van der Waals surface area contributed by atoms with E-state index in [0.717, 1.165) is 22.3 Å². The van der Waals surface area contributed by atoms with Crippen LogP contribution in [0.25, 0.3) is 0 Å². The molecule has 2 aromatic rings. The van der Waals surface area contributed by atoms with Crippen molar-refractivity contribution in [2.24, 2.45) is 0 Å². The van der Waals surface area contributed by atoms with E-state index in [4.69, 9.17) is 16.3 Å². The van der Waals surface area contributed by atoms with Crippen LogP contribution in [0.4, 0.5) is 0 Å². The molecule has 5 nitrogen and oxygen atoms in total. The summed E-state index contributed by atoms with van der Waals surface area (Å²) in [7, 11) is 0. The molecule has 0 saturated heterocycles. The zero-order valence-electron chi connectivity index (χ0n) is 20.2. The number of hydrogen-bond donors (Lipinski definition) is 1. The first-order valence-electron chi connectivity index (χ1n) is 11.0. The maximum Gasteiger partial charge on any atom is 0.261 e. The van der Waals surface area contributed by atoms with E-state index < -0.39 is 11.6 Å². The first kappa shape index (κ1) is 25.7. The average Bonchev–Trinajstić information content (AvgIpc) is 2.70. The summed E-state index contributed by atoms with van der Waals surface area (Å²) >= 11 is 6.24. The van der Waals surface area contributed by atoms with Crippen LogP contribution in [-0.4, -0.2) is 34.9 Å². The lowest BCUT2D eigenvalue weighted by molar-refractivity contribution is -0.143. The van der Waals surface area contributed by atoms with Crippen molar-refractivity contribution in [3.05, 3.63) is 63.7 Å². The summed E-state index contributed by atoms with van der Waals surface area (Å²) in [4.78, 5) is 27.9. The Morgan fingerprint density at radius 1 is 1.06 bits per heavy atom. The fraction of sp³-hybridized carbons (Fsp3) is 0.462. The minimum atomic E-state index is -0.597. The molecule has 174 valence electrons. The third-order valence-corrected chi connectivity index (χ3v) is 5.73. The topological polar surface area (TPSA) is 58.6 Å². The molecule has 0 radical (unpaired) electrons. The fourth-order valence-corrected chi connectivity index (χ4v) is 3.59. The molecule has 0 spiro atoms. The molecule has 0 fully saturated rings. The van der Waals surface area contributed by atoms with Gasteiger partial charge in [-0.3, -0.25) is 9.59 Å². The van der Waals surface area contributed by atoms with Crippen molar-refractivity contribution in [3.63, 3.8) is 0 Å². The smallest absolute Gasteiger partial charge is 0.261 e. The van der Waals surface area contributed by atoms with Crippen molar-refractivity contribution >= 4 is 23.4 Å². The molecule has 2 amide bonds. The molecule has 32 heavy (non-hydrogen) atoms. The monoisotopic (exact) mass is 458 g/mol. The fourth-order valence-electron chi connectivity index (χ4n) is 3.48. The van der Waals surface area contributed by atoms with Crippen LogP contribution in [0.15, 0.2) is 36.4 Å². The first-order valence-corrected chi connectivity index (χ1v) is 11.4. The van der Waals surface area contributed by atoms with Crippen molar-refractivity contribution in [3.8, 4) is 5.75 Å². The quantitative estimate of drug-likeness (QED) is 0.578. The molecule has 2 aromatic carbocycles. The zero-order chi connectivity index (χ0) is 24.1. The van der Waals surface area contributed by atoms with E-state index in [1.54, 1.807) is 4.90 Å². The molecule has 1 atom stereocenters. The van der Waals surface area contributed by atoms with E-state index in [0.29, 0.717) is 23.7 Å². The Labute approximate surface area is 197 Å². The molecular formula is C26H35ClN2O3. The molecule has 0 heterocycles. The number of carbonyl (C=O) groups is 2. The van der Waals surface area contributed by atoms with Crippen molar-refractivity contribution in [2.45, 2.75) is 73.0 Å². The SMILES string of the molecule is CCC(C(=O)NC(C)(C)C)N(Cc1ccc(C)cc1)C(=O)COc1cc(C)c(Cl)c(C)c1. The Balaban J connectivity index is 2.26. The van der Waals surface area contributed by atoms with Crippen molar-refractivity contribution < 1.29 is 14.3 Å². The largest absolute Gasteiger partial charge is 0.484 e. The number of amides is 2. The molecule has 1 N–H and O–H groups in total. The van der Waals surface area contributed by atoms with Crippen LogP contribution in [0.3, 0.4) is 0 Å². The Hall–Kier alpha value is -2.53. The summed E-state index contributed by atoms with van der Waals surface area (Å²) in [6.07, 6.45) is 0.499. The van der Waals surface area contributed by atoms with Gasteiger partial charge in [-0.1, -0.05) is 48.4 Å². The number of hydrogen-bond acceptors (Lipinski definition) is 3. The number of nitrogens with zero attached hydrogens (tertiary/aromatic N) is 1. The number of rotatable bonds is 8. The van der Waals surface area contributed by atoms with E-state index in [1.807, 2.05) is 84.9 Å². The van der Waals surface area contributed by atoms with Crippen LogP contribution in [0.1, 0.15) is 56.4 Å². The number of benzene rings is 2. The minimum Gasteiger partial charge on any atom is -0.484 e. The summed E-state index contributed by atoms with van der Waals surface area (Å²) in [5, 5.41) is 3.70. The van der Waals surface area contributed by atoms with Gasteiger partial charge in [0.15, 0.2) is 6.61 Å². The van der Waals surface area contributed by atoms with Gasteiger partial charge in [-0.25, -0.2) is 0 Å². The van der Waals surface area contributed by atoms with E-state index in [9.17, 15) is 9.59 Å². The molecule has 0 bridgehead atoms. The predicted molar refractivity (Wildman–Crippen MR) is 130 cm³/mol. The summed E-state index contributed by atoms with van der Waals surface area (Å²) in [5.41, 5.74) is 3.49. The van der Waals surface area contributed by atoms with Crippen molar-refractivity contribution in [1.82, 2.24) is 10.2 Å². The van der Waals surface area contributed by atoms with Crippen LogP contribution < -0.4 is 10.1 Å². The number of halogens is 1. The number of nitrogens with one attached hydrogen (secondary N) is 1. The molecule has 0 saturated carbocycles. The van der Waals surface area contributed by atoms with Gasteiger partial charge in [0.25, 0.3) is 5.91 Å². The summed E-state index contributed by atoms with van der Waals surface area (Å²) in [6.45, 7) is 13.7. The zero-order valence-corrected chi connectivity index (χ0v) is 21.0. The molecule has 2 rings (SSSR count). The molecule has 0 aliphatic heterocycles. The second kappa shape index (κ2) is 10.9. The maximum atomic E-state index is 13.3. The van der Waals surface area contributed by atoms with E-state index >= 15 is 0 Å². The van der Waals surface area contributed by atoms with Crippen molar-refractivity contribution in [2.75, 3.05) is 6.61 Å². The maximum absolute atomic E-state index is 13.3. The van der Waals surface area contributed by atoms with Gasteiger partial charge in [-0.2, -0.15) is 0 Å². The van der Waals surface area contributed by atoms with Gasteiger partial charge >= 0.3 is 0 Å². The van der Waals surface area contributed by atoms with E-state index in [-0.39, 0.29) is 18.4 Å². The molecule has 6 heteroatoms. The lowest BCUT2D eigenvalue weighted by atomic mass is 10.1. The van der Waals surface area contributed by atoms with Gasteiger partial charge in [0.05, 0.1) is 0 Å². The van der Waals surface area contributed by atoms with Crippen LogP contribution in [0.5, 0.6) is 5.75 Å². The third kappa shape index (κ3) is 7.27. The Kier molecular flexibility index (Phi) is 8.73. The van der Waals surface area contributed by atoms with Gasteiger partial charge in [-0.15, -0.1) is 0 Å². The Bertz CT molecular complexity index is 926. The lowest BCUT2D eigenvalue weighted by Crippen LogP contribution is -2.54. The average molecular weight is 459 g/mol. The van der Waals surface area contributed by atoms with Gasteiger partial charge < -0.3 is 15.0 Å². The second-order valence-corrected chi connectivity index (χ2v) is 9.71. The number of carbonyl (C=O) groups excluding carboxylic acids is 2.